The summed E-state index contributed by atoms with van der Waals surface area (Å²) >= 11 is 5.53. The van der Waals surface area contributed by atoms with Crippen molar-refractivity contribution >= 4 is 17.6 Å². The Morgan fingerprint density at radius 3 is 2.65 bits per heavy atom. The largest absolute Gasteiger partial charge is 0.337 e. The van der Waals surface area contributed by atoms with Crippen molar-refractivity contribution in [2.75, 3.05) is 12.4 Å². The second-order valence-corrected chi connectivity index (χ2v) is 6.39. The minimum absolute atomic E-state index is 0.0785. The number of carbonyl (C=O) groups is 1. The van der Waals surface area contributed by atoms with Gasteiger partial charge in [0.05, 0.1) is 0 Å². The van der Waals surface area contributed by atoms with Crippen molar-refractivity contribution in [3.63, 3.8) is 0 Å². The van der Waals surface area contributed by atoms with E-state index in [1.807, 2.05) is 0 Å². The van der Waals surface area contributed by atoms with Gasteiger partial charge < -0.3 is 10.6 Å². The summed E-state index contributed by atoms with van der Waals surface area (Å²) in [4.78, 5) is 11.5. The Morgan fingerprint density at radius 2 is 2.06 bits per heavy atom. The van der Waals surface area contributed by atoms with E-state index < -0.39 is 0 Å². The zero-order chi connectivity index (χ0) is 12.9. The van der Waals surface area contributed by atoms with Crippen LogP contribution in [0.3, 0.4) is 0 Å². The van der Waals surface area contributed by atoms with Gasteiger partial charge in [-0.25, -0.2) is 4.79 Å². The van der Waals surface area contributed by atoms with Crippen molar-refractivity contribution in [1.82, 2.24) is 10.6 Å². The van der Waals surface area contributed by atoms with Gasteiger partial charge in [0.15, 0.2) is 0 Å². The van der Waals surface area contributed by atoms with Crippen LogP contribution >= 0.6 is 11.6 Å². The van der Waals surface area contributed by atoms with Crippen LogP contribution in [0.25, 0.3) is 0 Å². The van der Waals surface area contributed by atoms with Crippen LogP contribution in [0.2, 0.25) is 0 Å². The summed E-state index contributed by atoms with van der Waals surface area (Å²) in [6, 6.07) is 0.244. The summed E-state index contributed by atoms with van der Waals surface area (Å²) < 4.78 is 0. The van der Waals surface area contributed by atoms with E-state index in [0.29, 0.717) is 29.8 Å². The van der Waals surface area contributed by atoms with Gasteiger partial charge in [0.1, 0.15) is 0 Å². The Kier molecular flexibility index (Phi) is 5.57. The second-order valence-electron chi connectivity index (χ2n) is 6.02. The number of hydrogen-bond acceptors (Lipinski definition) is 1. The molecular formula is C13H25ClN2O. The Morgan fingerprint density at radius 1 is 1.35 bits per heavy atom. The quantitative estimate of drug-likeness (QED) is 0.752. The Labute approximate surface area is 110 Å². The third-order valence-electron chi connectivity index (χ3n) is 3.61. The highest BCUT2D eigenvalue weighted by Crippen LogP contribution is 2.37. The number of amides is 2. The molecule has 0 aromatic heterocycles. The van der Waals surface area contributed by atoms with Gasteiger partial charge in [0.25, 0.3) is 0 Å². The van der Waals surface area contributed by atoms with Crippen molar-refractivity contribution in [2.45, 2.75) is 52.5 Å². The first-order valence-electron chi connectivity index (χ1n) is 6.54. The van der Waals surface area contributed by atoms with E-state index >= 15 is 0 Å². The predicted molar refractivity (Wildman–Crippen MR) is 72.5 cm³/mol. The third-order valence-corrected chi connectivity index (χ3v) is 3.80. The monoisotopic (exact) mass is 260 g/mol. The minimum Gasteiger partial charge on any atom is -0.337 e. The van der Waals surface area contributed by atoms with Crippen molar-refractivity contribution in [2.24, 2.45) is 11.3 Å². The van der Waals surface area contributed by atoms with Crippen molar-refractivity contribution < 1.29 is 4.79 Å². The highest BCUT2D eigenvalue weighted by Gasteiger charge is 2.31. The van der Waals surface area contributed by atoms with Crippen LogP contribution in [-0.2, 0) is 0 Å². The van der Waals surface area contributed by atoms with Crippen LogP contribution in [0.15, 0.2) is 0 Å². The fraction of sp³-hybridized carbons (Fsp3) is 0.923. The molecule has 1 fully saturated rings. The van der Waals surface area contributed by atoms with E-state index in [1.54, 1.807) is 0 Å². The number of halogens is 1. The van der Waals surface area contributed by atoms with Crippen LogP contribution in [0.1, 0.15) is 46.5 Å². The number of carbonyl (C=O) groups excluding carboxylic acids is 1. The molecule has 100 valence electrons. The number of nitrogens with one attached hydrogen (secondary N) is 2. The van der Waals surface area contributed by atoms with Gasteiger partial charge in [-0.15, -0.1) is 11.6 Å². The standard InChI is InChI=1S/C13H25ClN2O/c1-13(2,3)10-5-4-6-11(9-10)16-12(17)15-8-7-14/h10-11H,4-9H2,1-3H3,(H2,15,16,17)/t10-,11-/m0/s1. The fourth-order valence-corrected chi connectivity index (χ4v) is 2.60. The molecule has 1 rings (SSSR count). The van der Waals surface area contributed by atoms with Gasteiger partial charge in [-0.1, -0.05) is 27.2 Å². The molecular weight excluding hydrogens is 236 g/mol. The lowest BCUT2D eigenvalue weighted by Crippen LogP contribution is -2.45. The van der Waals surface area contributed by atoms with Gasteiger partial charge >= 0.3 is 6.03 Å². The molecule has 2 N–H and O–H groups in total. The van der Waals surface area contributed by atoms with Gasteiger partial charge in [-0.2, -0.15) is 0 Å². The molecule has 2 atom stereocenters. The van der Waals surface area contributed by atoms with Crippen LogP contribution in [0, 0.1) is 11.3 Å². The van der Waals surface area contributed by atoms with Gasteiger partial charge in [-0.05, 0) is 30.6 Å². The molecule has 0 heterocycles. The highest BCUT2D eigenvalue weighted by molar-refractivity contribution is 6.18. The molecule has 2 amide bonds. The average molecular weight is 261 g/mol. The lowest BCUT2D eigenvalue weighted by atomic mass is 9.71. The van der Waals surface area contributed by atoms with Crippen LogP contribution in [0.5, 0.6) is 0 Å². The normalized spacial score (nSPS) is 25.4. The van der Waals surface area contributed by atoms with Gasteiger partial charge in [-0.3, -0.25) is 0 Å². The van der Waals surface area contributed by atoms with Crippen LogP contribution in [0.4, 0.5) is 4.79 Å². The summed E-state index contributed by atoms with van der Waals surface area (Å²) in [6.07, 6.45) is 4.69. The predicted octanol–water partition coefficient (Wildman–Crippen LogP) is 3.13. The van der Waals surface area contributed by atoms with E-state index in [9.17, 15) is 4.79 Å². The molecule has 0 radical (unpaired) electrons. The fourth-order valence-electron chi connectivity index (χ4n) is 2.50. The molecule has 0 spiro atoms. The zero-order valence-corrected chi connectivity index (χ0v) is 11.9. The molecule has 1 saturated carbocycles. The first-order valence-corrected chi connectivity index (χ1v) is 7.07. The second kappa shape index (κ2) is 6.48. The third kappa shape index (κ3) is 5.15. The maximum atomic E-state index is 11.5. The lowest BCUT2D eigenvalue weighted by molar-refractivity contribution is 0.154. The maximum absolute atomic E-state index is 11.5. The summed E-state index contributed by atoms with van der Waals surface area (Å²) in [5.74, 6) is 1.16. The number of hydrogen-bond donors (Lipinski definition) is 2. The minimum atomic E-state index is -0.0785. The Hall–Kier alpha value is -0.440. The van der Waals surface area contributed by atoms with Crippen molar-refractivity contribution in [1.29, 1.82) is 0 Å². The zero-order valence-electron chi connectivity index (χ0n) is 11.2. The van der Waals surface area contributed by atoms with E-state index in [0.717, 1.165) is 12.8 Å². The summed E-state index contributed by atoms with van der Waals surface area (Å²) in [6.45, 7) is 7.39. The molecule has 1 aliphatic carbocycles. The number of urea groups is 1. The van der Waals surface area contributed by atoms with Gasteiger partial charge in [0, 0.05) is 18.5 Å². The molecule has 0 aliphatic heterocycles. The maximum Gasteiger partial charge on any atom is 0.315 e. The number of rotatable bonds is 3. The molecule has 0 bridgehead atoms. The van der Waals surface area contributed by atoms with E-state index in [2.05, 4.69) is 31.4 Å². The SMILES string of the molecule is CC(C)(C)[C@H]1CCC[C@H](NC(=O)NCCCl)C1. The highest BCUT2D eigenvalue weighted by atomic mass is 35.5. The summed E-state index contributed by atoms with van der Waals surface area (Å²) in [7, 11) is 0. The van der Waals surface area contributed by atoms with E-state index in [1.165, 1.54) is 12.8 Å². The molecule has 4 heteroatoms. The Balaban J connectivity index is 2.37. The molecule has 0 aromatic carbocycles. The van der Waals surface area contributed by atoms with Crippen LogP contribution in [-0.4, -0.2) is 24.5 Å². The molecule has 0 aromatic rings. The molecule has 17 heavy (non-hydrogen) atoms. The molecule has 0 saturated heterocycles. The summed E-state index contributed by atoms with van der Waals surface area (Å²) in [5.41, 5.74) is 0.340. The lowest BCUT2D eigenvalue weighted by Gasteiger charge is -2.37. The van der Waals surface area contributed by atoms with Crippen molar-refractivity contribution in [3.8, 4) is 0 Å². The van der Waals surface area contributed by atoms with Crippen LogP contribution < -0.4 is 10.6 Å². The molecule has 0 unspecified atom stereocenters. The first kappa shape index (κ1) is 14.6. The van der Waals surface area contributed by atoms with Crippen molar-refractivity contribution in [3.05, 3.63) is 0 Å². The molecule has 1 aliphatic rings. The smallest absolute Gasteiger partial charge is 0.315 e. The van der Waals surface area contributed by atoms with E-state index in [-0.39, 0.29) is 6.03 Å². The average Bonchev–Trinajstić information content (AvgIpc) is 2.25. The number of alkyl halides is 1. The molecule has 3 nitrogen and oxygen atoms in total. The van der Waals surface area contributed by atoms with E-state index in [4.69, 9.17) is 11.6 Å². The van der Waals surface area contributed by atoms with Gasteiger partial charge in [0.2, 0.25) is 0 Å². The topological polar surface area (TPSA) is 41.1 Å². The summed E-state index contributed by atoms with van der Waals surface area (Å²) in [5, 5.41) is 5.80. The Bertz CT molecular complexity index is 250. The first-order chi connectivity index (χ1) is 7.93.